The maximum absolute atomic E-state index is 12.3. The molecule has 1 atom stereocenters. The predicted octanol–water partition coefficient (Wildman–Crippen LogP) is 4.65. The zero-order valence-corrected chi connectivity index (χ0v) is 19.8. The number of benzene rings is 1. The zero-order valence-electron chi connectivity index (χ0n) is 18.2. The molecule has 172 valence electrons. The molecular weight excluding hydrogens is 476 g/mol. The minimum atomic E-state index is -0.678. The molecule has 3 aromatic heterocycles. The number of anilines is 1. The van der Waals surface area contributed by atoms with Crippen molar-refractivity contribution in [1.82, 2.24) is 15.0 Å². The number of rotatable bonds is 5. The smallest absolute Gasteiger partial charge is 0.414 e. The quantitative estimate of drug-likeness (QED) is 0.315. The normalized spacial score (nSPS) is 14.6. The number of nitrogens with zero attached hydrogens (tertiary/aromatic N) is 3. The van der Waals surface area contributed by atoms with Crippen LogP contribution in [0.4, 0.5) is 10.7 Å². The number of thiazole rings is 2. The second kappa shape index (κ2) is 8.89. The van der Waals surface area contributed by atoms with Crippen molar-refractivity contribution in [3.8, 4) is 11.8 Å². The Balaban J connectivity index is 1.27. The molecule has 1 saturated carbocycles. The highest BCUT2D eigenvalue weighted by atomic mass is 32.1. The summed E-state index contributed by atoms with van der Waals surface area (Å²) in [4.78, 5) is 38.9. The van der Waals surface area contributed by atoms with Gasteiger partial charge >= 0.3 is 12.1 Å². The molecule has 1 fully saturated rings. The Morgan fingerprint density at radius 2 is 1.91 bits per heavy atom. The van der Waals surface area contributed by atoms with Crippen LogP contribution in [0.15, 0.2) is 41.1 Å². The molecule has 0 spiro atoms. The van der Waals surface area contributed by atoms with Crippen LogP contribution < -0.4 is 5.32 Å². The van der Waals surface area contributed by atoms with E-state index in [-0.39, 0.29) is 17.5 Å². The first kappa shape index (κ1) is 22.1. The minimum absolute atomic E-state index is 0.0882. The second-order valence-electron chi connectivity index (χ2n) is 7.59. The van der Waals surface area contributed by atoms with Crippen LogP contribution in [0.25, 0.3) is 9.66 Å². The van der Waals surface area contributed by atoms with Crippen molar-refractivity contribution in [2.24, 2.45) is 0 Å². The topological polar surface area (TPSA) is 116 Å². The monoisotopic (exact) mass is 494 g/mol. The average Bonchev–Trinajstić information content (AvgIpc) is 3.15. The molecule has 0 aliphatic heterocycles. The summed E-state index contributed by atoms with van der Waals surface area (Å²) in [5, 5.41) is 3.81. The number of nitrogens with one attached hydrogen (secondary N) is 1. The SMILES string of the molecule is COC(=O)C1(c2nc3sc(C#Cc4ncoc4NC(=O)OC(C)c4ccccc4)nc3s2)CC1. The number of amides is 1. The number of esters is 1. The number of hydrogen-bond donors (Lipinski definition) is 1. The molecule has 34 heavy (non-hydrogen) atoms. The lowest BCUT2D eigenvalue weighted by atomic mass is 10.1. The number of ether oxygens (including phenoxy) is 2. The number of hydrogen-bond acceptors (Lipinski definition) is 10. The number of methoxy groups -OCH3 is 1. The fourth-order valence-corrected chi connectivity index (χ4v) is 5.47. The van der Waals surface area contributed by atoms with Crippen molar-refractivity contribution < 1.29 is 23.5 Å². The summed E-state index contributed by atoms with van der Waals surface area (Å²) in [6.45, 7) is 1.78. The highest BCUT2D eigenvalue weighted by molar-refractivity contribution is 7.26. The lowest BCUT2D eigenvalue weighted by molar-refractivity contribution is -0.143. The standard InChI is InChI=1S/C23H18N4O5S2/c1-13(14-6-4-3-5-7-14)32-22(29)26-17-15(24-12-31-17)8-9-16-25-18-19(33-16)27-20(34-18)23(10-11-23)21(28)30-2/h3-7,12-13H,10-11H2,1-2H3,(H,26,29). The third-order valence-corrected chi connectivity index (χ3v) is 7.48. The number of oxazole rings is 1. The maximum Gasteiger partial charge on any atom is 0.414 e. The first-order valence-electron chi connectivity index (χ1n) is 10.3. The molecular formula is C23H18N4O5S2. The summed E-state index contributed by atoms with van der Waals surface area (Å²) >= 11 is 2.70. The summed E-state index contributed by atoms with van der Waals surface area (Å²) in [6, 6.07) is 9.39. The average molecular weight is 495 g/mol. The van der Waals surface area contributed by atoms with Crippen LogP contribution in [0, 0.1) is 11.8 Å². The lowest BCUT2D eigenvalue weighted by Gasteiger charge is -2.13. The summed E-state index contributed by atoms with van der Waals surface area (Å²) in [6.07, 6.45) is 1.55. The molecule has 1 aromatic carbocycles. The molecule has 0 radical (unpaired) electrons. The zero-order chi connectivity index (χ0) is 23.7. The van der Waals surface area contributed by atoms with Gasteiger partial charge < -0.3 is 13.9 Å². The van der Waals surface area contributed by atoms with E-state index in [1.165, 1.54) is 36.2 Å². The van der Waals surface area contributed by atoms with E-state index >= 15 is 0 Å². The number of aromatic nitrogens is 3. The molecule has 0 saturated heterocycles. The van der Waals surface area contributed by atoms with E-state index in [1.54, 1.807) is 6.92 Å². The third kappa shape index (κ3) is 4.25. The van der Waals surface area contributed by atoms with Crippen LogP contribution in [0.3, 0.4) is 0 Å². The first-order chi connectivity index (χ1) is 16.5. The molecule has 3 heterocycles. The fraction of sp³-hybridized carbons (Fsp3) is 0.261. The van der Waals surface area contributed by atoms with Crippen molar-refractivity contribution in [2.45, 2.75) is 31.3 Å². The Morgan fingerprint density at radius 1 is 1.15 bits per heavy atom. The highest BCUT2D eigenvalue weighted by Crippen LogP contribution is 2.51. The lowest BCUT2D eigenvalue weighted by Crippen LogP contribution is -2.21. The maximum atomic E-state index is 12.3. The van der Waals surface area contributed by atoms with Crippen molar-refractivity contribution in [1.29, 1.82) is 0 Å². The number of carbonyl (C=O) groups excluding carboxylic acids is 2. The van der Waals surface area contributed by atoms with E-state index < -0.39 is 17.6 Å². The van der Waals surface area contributed by atoms with Crippen molar-refractivity contribution in [3.05, 3.63) is 58.0 Å². The second-order valence-corrected chi connectivity index (χ2v) is 9.54. The van der Waals surface area contributed by atoms with E-state index in [0.717, 1.165) is 33.1 Å². The van der Waals surface area contributed by atoms with Crippen molar-refractivity contribution >= 4 is 50.3 Å². The van der Waals surface area contributed by atoms with Crippen LogP contribution in [-0.4, -0.2) is 34.1 Å². The van der Waals surface area contributed by atoms with Gasteiger partial charge in [0.15, 0.2) is 26.8 Å². The molecule has 1 amide bonds. The Bertz CT molecular complexity index is 1390. The van der Waals surface area contributed by atoms with E-state index in [0.29, 0.717) is 5.01 Å². The van der Waals surface area contributed by atoms with Gasteiger partial charge in [-0.25, -0.2) is 19.7 Å². The van der Waals surface area contributed by atoms with Gasteiger partial charge in [-0.1, -0.05) is 53.0 Å². The molecule has 1 unspecified atom stereocenters. The highest BCUT2D eigenvalue weighted by Gasteiger charge is 2.55. The minimum Gasteiger partial charge on any atom is -0.468 e. The number of carbonyl (C=O) groups is 2. The molecule has 5 rings (SSSR count). The van der Waals surface area contributed by atoms with Gasteiger partial charge in [0.05, 0.1) is 7.11 Å². The van der Waals surface area contributed by atoms with Crippen molar-refractivity contribution in [2.75, 3.05) is 12.4 Å². The third-order valence-electron chi connectivity index (χ3n) is 5.34. The van der Waals surface area contributed by atoms with Crippen LogP contribution in [0.2, 0.25) is 0 Å². The molecule has 1 N–H and O–H groups in total. The van der Waals surface area contributed by atoms with Crippen LogP contribution >= 0.6 is 22.7 Å². The predicted molar refractivity (Wildman–Crippen MR) is 126 cm³/mol. The Labute approximate surface area is 202 Å². The van der Waals surface area contributed by atoms with Gasteiger partial charge in [0.1, 0.15) is 16.5 Å². The van der Waals surface area contributed by atoms with Gasteiger partial charge in [-0.2, -0.15) is 0 Å². The molecule has 11 heteroatoms. The van der Waals surface area contributed by atoms with Gasteiger partial charge in [0.25, 0.3) is 0 Å². The summed E-state index contributed by atoms with van der Waals surface area (Å²) in [5.41, 5.74) is 0.508. The summed E-state index contributed by atoms with van der Waals surface area (Å²) in [7, 11) is 1.39. The summed E-state index contributed by atoms with van der Waals surface area (Å²) < 4.78 is 15.6. The molecule has 0 bridgehead atoms. The Morgan fingerprint density at radius 3 is 2.62 bits per heavy atom. The van der Waals surface area contributed by atoms with Gasteiger partial charge in [0.2, 0.25) is 5.88 Å². The Kier molecular flexibility index (Phi) is 5.77. The van der Waals surface area contributed by atoms with Gasteiger partial charge in [-0.3, -0.25) is 10.1 Å². The van der Waals surface area contributed by atoms with E-state index in [2.05, 4.69) is 32.1 Å². The first-order valence-corrected chi connectivity index (χ1v) is 12.0. The van der Waals surface area contributed by atoms with Gasteiger partial charge in [-0.05, 0) is 37.2 Å². The summed E-state index contributed by atoms with van der Waals surface area (Å²) in [5.74, 6) is 5.62. The molecule has 1 aliphatic rings. The Hall–Kier alpha value is -3.75. The number of fused-ring (bicyclic) bond motifs is 1. The molecule has 4 aromatic rings. The molecule has 1 aliphatic carbocycles. The van der Waals surface area contributed by atoms with Crippen molar-refractivity contribution in [3.63, 3.8) is 0 Å². The largest absolute Gasteiger partial charge is 0.468 e. The van der Waals surface area contributed by atoms with Gasteiger partial charge in [-0.15, -0.1) is 0 Å². The fourth-order valence-electron chi connectivity index (χ4n) is 3.34. The van der Waals surface area contributed by atoms with Gasteiger partial charge in [0, 0.05) is 0 Å². The van der Waals surface area contributed by atoms with Crippen LogP contribution in [-0.2, 0) is 19.7 Å². The van der Waals surface area contributed by atoms with Crippen LogP contribution in [0.1, 0.15) is 47.1 Å². The molecule has 9 nitrogen and oxygen atoms in total. The van der Waals surface area contributed by atoms with E-state index in [1.807, 2.05) is 30.3 Å². The van der Waals surface area contributed by atoms with E-state index in [4.69, 9.17) is 13.9 Å². The van der Waals surface area contributed by atoms with Crippen LogP contribution in [0.5, 0.6) is 0 Å². The van der Waals surface area contributed by atoms with E-state index in [9.17, 15) is 9.59 Å².